The third-order valence-electron chi connectivity index (χ3n) is 3.88. The maximum absolute atomic E-state index is 11.8. The van der Waals surface area contributed by atoms with E-state index in [0.29, 0.717) is 0 Å². The molecule has 0 unspecified atom stereocenters. The number of non-ortho nitro benzene ring substituents is 2. The van der Waals surface area contributed by atoms with Crippen LogP contribution in [0.5, 0.6) is 0 Å². The maximum atomic E-state index is 11.8. The van der Waals surface area contributed by atoms with E-state index in [1.54, 1.807) is 0 Å². The highest BCUT2D eigenvalue weighted by Gasteiger charge is 2.15. The zero-order valence-electron chi connectivity index (χ0n) is 17.2. The lowest BCUT2D eigenvalue weighted by Crippen LogP contribution is -2.21. The van der Waals surface area contributed by atoms with E-state index in [2.05, 4.69) is 0 Å². The van der Waals surface area contributed by atoms with Gasteiger partial charge in [-0.15, -0.1) is 0 Å². The number of carbonyl (C=O) groups excluding carboxylic acids is 4. The van der Waals surface area contributed by atoms with Crippen LogP contribution in [0.15, 0.2) is 48.5 Å². The highest BCUT2D eigenvalue weighted by molar-refractivity contribution is 5.91. The molecular formula is C20H16N2O12. The molecule has 0 aliphatic carbocycles. The largest absolute Gasteiger partial charge is 0.460 e. The minimum absolute atomic E-state index is 0.00407. The predicted molar refractivity (Wildman–Crippen MR) is 109 cm³/mol. The van der Waals surface area contributed by atoms with E-state index in [-0.39, 0.29) is 35.7 Å². The van der Waals surface area contributed by atoms with Crippen LogP contribution < -0.4 is 0 Å². The number of carbonyl (C=O) groups is 4. The fourth-order valence-electron chi connectivity index (χ4n) is 2.25. The molecule has 0 atom stereocenters. The minimum atomic E-state index is -0.934. The van der Waals surface area contributed by atoms with Crippen molar-refractivity contribution in [3.8, 4) is 0 Å². The molecule has 0 saturated carbocycles. The number of nitro benzene ring substituents is 2. The first-order chi connectivity index (χ1) is 16.2. The van der Waals surface area contributed by atoms with Crippen LogP contribution in [-0.4, -0.2) is 60.2 Å². The van der Waals surface area contributed by atoms with Gasteiger partial charge in [0.05, 0.1) is 21.0 Å². The van der Waals surface area contributed by atoms with Crippen molar-refractivity contribution < 1.29 is 48.0 Å². The van der Waals surface area contributed by atoms with Crippen molar-refractivity contribution in [2.75, 3.05) is 26.4 Å². The van der Waals surface area contributed by atoms with Crippen LogP contribution in [0, 0.1) is 20.2 Å². The third kappa shape index (κ3) is 7.99. The first-order valence-corrected chi connectivity index (χ1v) is 9.32. The van der Waals surface area contributed by atoms with Crippen molar-refractivity contribution in [1.29, 1.82) is 0 Å². The molecule has 0 saturated heterocycles. The van der Waals surface area contributed by atoms with Gasteiger partial charge in [-0.3, -0.25) is 20.2 Å². The molecule has 2 aromatic carbocycles. The number of nitro groups is 2. The van der Waals surface area contributed by atoms with Crippen LogP contribution in [0.25, 0.3) is 0 Å². The van der Waals surface area contributed by atoms with Gasteiger partial charge in [-0.25, -0.2) is 19.2 Å². The molecule has 2 aromatic rings. The van der Waals surface area contributed by atoms with Gasteiger partial charge in [0.15, 0.2) is 13.2 Å². The minimum Gasteiger partial charge on any atom is -0.460 e. The number of hydrogen-bond donors (Lipinski definition) is 0. The van der Waals surface area contributed by atoms with Crippen molar-refractivity contribution in [2.24, 2.45) is 0 Å². The molecule has 0 fully saturated rings. The van der Waals surface area contributed by atoms with E-state index in [9.17, 15) is 39.4 Å². The summed E-state index contributed by atoms with van der Waals surface area (Å²) in [5.74, 6) is -3.66. The summed E-state index contributed by atoms with van der Waals surface area (Å²) in [5.41, 5.74) is -0.440. The third-order valence-corrected chi connectivity index (χ3v) is 3.88. The first kappa shape index (κ1) is 25.4. The van der Waals surface area contributed by atoms with Crippen LogP contribution in [0.2, 0.25) is 0 Å². The Bertz CT molecular complexity index is 992. The van der Waals surface area contributed by atoms with Crippen molar-refractivity contribution in [2.45, 2.75) is 0 Å². The molecule has 14 nitrogen and oxygen atoms in total. The fourth-order valence-corrected chi connectivity index (χ4v) is 2.25. The Labute approximate surface area is 190 Å². The zero-order valence-corrected chi connectivity index (χ0v) is 17.2. The molecule has 0 aliphatic heterocycles. The summed E-state index contributed by atoms with van der Waals surface area (Å²) in [6, 6.07) is 9.08. The summed E-state index contributed by atoms with van der Waals surface area (Å²) in [5, 5.41) is 21.1. The van der Waals surface area contributed by atoms with Crippen molar-refractivity contribution in [1.82, 2.24) is 0 Å². The average Bonchev–Trinajstić information content (AvgIpc) is 2.83. The molecule has 14 heteroatoms. The molecule has 0 amide bonds. The molecular weight excluding hydrogens is 460 g/mol. The predicted octanol–water partition coefficient (Wildman–Crippen LogP) is 1.60. The van der Waals surface area contributed by atoms with E-state index in [1.807, 2.05) is 0 Å². The Morgan fingerprint density at radius 1 is 0.588 bits per heavy atom. The molecule has 2 rings (SSSR count). The molecule has 0 heterocycles. The zero-order chi connectivity index (χ0) is 25.1. The number of hydrogen-bond acceptors (Lipinski definition) is 12. The smallest absolute Gasteiger partial charge is 0.344 e. The highest BCUT2D eigenvalue weighted by atomic mass is 16.6. The Kier molecular flexibility index (Phi) is 9.13. The Morgan fingerprint density at radius 2 is 0.912 bits per heavy atom. The lowest BCUT2D eigenvalue weighted by atomic mass is 10.2. The molecule has 178 valence electrons. The van der Waals surface area contributed by atoms with Gasteiger partial charge in [0, 0.05) is 24.3 Å². The highest BCUT2D eigenvalue weighted by Crippen LogP contribution is 2.13. The van der Waals surface area contributed by atoms with E-state index in [1.165, 1.54) is 24.3 Å². The lowest BCUT2D eigenvalue weighted by Gasteiger charge is -2.08. The number of benzene rings is 2. The number of rotatable bonds is 11. The summed E-state index contributed by atoms with van der Waals surface area (Å²) in [7, 11) is 0. The summed E-state index contributed by atoms with van der Waals surface area (Å²) in [4.78, 5) is 66.6. The normalized spacial score (nSPS) is 10.0. The molecule has 0 bridgehead atoms. The number of ether oxygens (including phenoxy) is 4. The quantitative estimate of drug-likeness (QED) is 0.150. The van der Waals surface area contributed by atoms with Crippen LogP contribution in [0.1, 0.15) is 20.7 Å². The van der Waals surface area contributed by atoms with Gasteiger partial charge >= 0.3 is 23.9 Å². The average molecular weight is 476 g/mol. The molecule has 34 heavy (non-hydrogen) atoms. The standard InChI is InChI=1S/C20H16N2O12/c23-17(11-33-19(25)13-1-5-15(6-2-13)21(27)28)31-9-10-32-18(24)12-34-20(26)14-3-7-16(8-4-14)22(29)30/h1-8H,9-12H2. The van der Waals surface area contributed by atoms with Gasteiger partial charge in [-0.05, 0) is 24.3 Å². The SMILES string of the molecule is O=C(COC(=O)c1ccc([N+](=O)[O-])cc1)OCCOC(=O)COC(=O)c1ccc([N+](=O)[O-])cc1. The van der Waals surface area contributed by atoms with Gasteiger partial charge < -0.3 is 18.9 Å². The topological polar surface area (TPSA) is 191 Å². The second-order valence-electron chi connectivity index (χ2n) is 6.20. The summed E-state index contributed by atoms with van der Waals surface area (Å²) < 4.78 is 18.8. The molecule has 0 radical (unpaired) electrons. The van der Waals surface area contributed by atoms with E-state index >= 15 is 0 Å². The second kappa shape index (κ2) is 12.2. The van der Waals surface area contributed by atoms with Crippen LogP contribution in [0.4, 0.5) is 11.4 Å². The first-order valence-electron chi connectivity index (χ1n) is 9.32. The van der Waals surface area contributed by atoms with Crippen LogP contribution >= 0.6 is 0 Å². The Hall–Kier alpha value is -4.88. The molecule has 0 spiro atoms. The van der Waals surface area contributed by atoms with Crippen molar-refractivity contribution >= 4 is 35.3 Å². The van der Waals surface area contributed by atoms with Gasteiger partial charge in [-0.1, -0.05) is 0 Å². The Balaban J connectivity index is 1.61. The Morgan fingerprint density at radius 3 is 1.21 bits per heavy atom. The molecule has 0 N–H and O–H groups in total. The van der Waals surface area contributed by atoms with E-state index in [4.69, 9.17) is 18.9 Å². The van der Waals surface area contributed by atoms with Gasteiger partial charge in [0.1, 0.15) is 13.2 Å². The van der Waals surface area contributed by atoms with Gasteiger partial charge in [0.2, 0.25) is 0 Å². The maximum Gasteiger partial charge on any atom is 0.344 e. The summed E-state index contributed by atoms with van der Waals surface area (Å²) >= 11 is 0. The van der Waals surface area contributed by atoms with E-state index < -0.39 is 46.9 Å². The second-order valence-corrected chi connectivity index (χ2v) is 6.20. The van der Waals surface area contributed by atoms with Crippen LogP contribution in [-0.2, 0) is 28.5 Å². The monoisotopic (exact) mass is 476 g/mol. The van der Waals surface area contributed by atoms with Gasteiger partial charge in [-0.2, -0.15) is 0 Å². The molecule has 0 aliphatic rings. The molecule has 0 aromatic heterocycles. The summed E-state index contributed by atoms with van der Waals surface area (Å²) in [6.45, 7) is -2.21. The number of esters is 4. The van der Waals surface area contributed by atoms with Crippen molar-refractivity contribution in [3.05, 3.63) is 79.9 Å². The number of nitrogens with zero attached hydrogens (tertiary/aromatic N) is 2. The van der Waals surface area contributed by atoms with Crippen LogP contribution in [0.3, 0.4) is 0 Å². The lowest BCUT2D eigenvalue weighted by molar-refractivity contribution is -0.385. The van der Waals surface area contributed by atoms with E-state index in [0.717, 1.165) is 24.3 Å². The fraction of sp³-hybridized carbons (Fsp3) is 0.200. The summed E-state index contributed by atoms with van der Waals surface area (Å²) in [6.07, 6.45) is 0. The van der Waals surface area contributed by atoms with Crippen molar-refractivity contribution in [3.63, 3.8) is 0 Å². The van der Waals surface area contributed by atoms with Gasteiger partial charge in [0.25, 0.3) is 11.4 Å².